The van der Waals surface area contributed by atoms with Crippen LogP contribution in [-0.2, 0) is 11.3 Å². The van der Waals surface area contributed by atoms with E-state index in [4.69, 9.17) is 0 Å². The zero-order chi connectivity index (χ0) is 14.5. The molecule has 1 unspecified atom stereocenters. The van der Waals surface area contributed by atoms with Crippen LogP contribution in [0.1, 0.15) is 51.8 Å². The van der Waals surface area contributed by atoms with Crippen LogP contribution in [0.4, 0.5) is 0 Å². The first-order valence-corrected chi connectivity index (χ1v) is 7.62. The number of rotatable bonds is 5. The van der Waals surface area contributed by atoms with Crippen molar-refractivity contribution in [2.45, 2.75) is 58.7 Å². The van der Waals surface area contributed by atoms with Crippen molar-refractivity contribution in [1.82, 2.24) is 19.8 Å². The fourth-order valence-electron chi connectivity index (χ4n) is 2.67. The fraction of sp³-hybridized carbons (Fsp3) is 0.733. The number of nitrogens with zero attached hydrogens (tertiary/aromatic N) is 3. The second-order valence-electron chi connectivity index (χ2n) is 5.87. The minimum absolute atomic E-state index is 0.136. The number of hydrogen-bond acceptors (Lipinski definition) is 3. The summed E-state index contributed by atoms with van der Waals surface area (Å²) in [6.07, 6.45) is 7.24. The maximum atomic E-state index is 12.3. The van der Waals surface area contributed by atoms with Gasteiger partial charge < -0.3 is 14.8 Å². The van der Waals surface area contributed by atoms with E-state index in [0.717, 1.165) is 31.6 Å². The summed E-state index contributed by atoms with van der Waals surface area (Å²) in [5.41, 5.74) is 1.12. The first kappa shape index (κ1) is 15.0. The Labute approximate surface area is 121 Å². The summed E-state index contributed by atoms with van der Waals surface area (Å²) >= 11 is 0. The van der Waals surface area contributed by atoms with E-state index in [9.17, 15) is 4.79 Å². The van der Waals surface area contributed by atoms with Gasteiger partial charge >= 0.3 is 0 Å². The highest BCUT2D eigenvalue weighted by Crippen LogP contribution is 2.11. The van der Waals surface area contributed by atoms with Crippen LogP contribution in [0, 0.1) is 0 Å². The van der Waals surface area contributed by atoms with E-state index in [1.54, 1.807) is 0 Å². The quantitative estimate of drug-likeness (QED) is 0.895. The number of nitrogens with one attached hydrogen (secondary N) is 1. The molecular weight excluding hydrogens is 252 g/mol. The normalized spacial score (nSPS) is 17.5. The number of hydrogen-bond donors (Lipinski definition) is 1. The Kier molecular flexibility index (Phi) is 5.17. The molecule has 1 atom stereocenters. The summed E-state index contributed by atoms with van der Waals surface area (Å²) in [6, 6.07) is 0.256. The molecule has 5 heteroatoms. The molecule has 20 heavy (non-hydrogen) atoms. The molecule has 1 saturated heterocycles. The number of carbonyl (C=O) groups is 1. The van der Waals surface area contributed by atoms with Gasteiger partial charge in [0, 0.05) is 31.9 Å². The molecule has 1 fully saturated rings. The Hall–Kier alpha value is -1.36. The fourth-order valence-corrected chi connectivity index (χ4v) is 2.67. The molecule has 0 aliphatic carbocycles. The molecule has 0 saturated carbocycles. The number of likely N-dealkylation sites (tertiary alicyclic amines) is 1. The van der Waals surface area contributed by atoms with Crippen molar-refractivity contribution in [1.29, 1.82) is 0 Å². The largest absolute Gasteiger partial charge is 0.341 e. The first-order valence-electron chi connectivity index (χ1n) is 7.62. The maximum absolute atomic E-state index is 12.3. The molecule has 0 bridgehead atoms. The second kappa shape index (κ2) is 6.88. The SMILES string of the molecule is CC(NCc1cncn1C(C)C)C(=O)N1CCCCC1. The Balaban J connectivity index is 1.86. The molecule has 0 radical (unpaired) electrons. The molecule has 2 rings (SSSR count). The average molecular weight is 278 g/mol. The van der Waals surface area contributed by atoms with Gasteiger partial charge in [-0.15, -0.1) is 0 Å². The maximum Gasteiger partial charge on any atom is 0.239 e. The Bertz CT molecular complexity index is 435. The second-order valence-corrected chi connectivity index (χ2v) is 5.87. The van der Waals surface area contributed by atoms with Crippen molar-refractivity contribution in [3.63, 3.8) is 0 Å². The van der Waals surface area contributed by atoms with E-state index in [0.29, 0.717) is 12.6 Å². The van der Waals surface area contributed by atoms with Crippen LogP contribution in [0.25, 0.3) is 0 Å². The van der Waals surface area contributed by atoms with Crippen molar-refractivity contribution in [2.24, 2.45) is 0 Å². The zero-order valence-corrected chi connectivity index (χ0v) is 12.8. The van der Waals surface area contributed by atoms with Gasteiger partial charge in [0.25, 0.3) is 0 Å². The third-order valence-electron chi connectivity index (χ3n) is 3.93. The summed E-state index contributed by atoms with van der Waals surface area (Å²) in [7, 11) is 0. The number of amides is 1. The number of piperidine rings is 1. The lowest BCUT2D eigenvalue weighted by Crippen LogP contribution is -2.46. The van der Waals surface area contributed by atoms with Crippen LogP contribution in [0.5, 0.6) is 0 Å². The molecule has 2 heterocycles. The van der Waals surface area contributed by atoms with Crippen LogP contribution in [0.2, 0.25) is 0 Å². The van der Waals surface area contributed by atoms with Crippen molar-refractivity contribution >= 4 is 5.91 Å². The van der Waals surface area contributed by atoms with E-state index in [1.165, 1.54) is 6.42 Å². The third kappa shape index (κ3) is 3.60. The van der Waals surface area contributed by atoms with Gasteiger partial charge in [0.2, 0.25) is 5.91 Å². The lowest BCUT2D eigenvalue weighted by Gasteiger charge is -2.29. The minimum Gasteiger partial charge on any atom is -0.341 e. The summed E-state index contributed by atoms with van der Waals surface area (Å²) in [5, 5.41) is 3.33. The van der Waals surface area contributed by atoms with E-state index in [1.807, 2.05) is 24.3 Å². The van der Waals surface area contributed by atoms with Crippen LogP contribution in [0.15, 0.2) is 12.5 Å². The van der Waals surface area contributed by atoms with Gasteiger partial charge in [-0.2, -0.15) is 0 Å². The Morgan fingerprint density at radius 3 is 2.65 bits per heavy atom. The molecule has 1 aromatic heterocycles. The highest BCUT2D eigenvalue weighted by Gasteiger charge is 2.21. The molecule has 5 nitrogen and oxygen atoms in total. The number of carbonyl (C=O) groups excluding carboxylic acids is 1. The molecule has 0 aromatic carbocycles. The third-order valence-corrected chi connectivity index (χ3v) is 3.93. The van der Waals surface area contributed by atoms with E-state index in [2.05, 4.69) is 28.7 Å². The van der Waals surface area contributed by atoms with Crippen LogP contribution in [0.3, 0.4) is 0 Å². The molecule has 1 aromatic rings. The summed E-state index contributed by atoms with van der Waals surface area (Å²) in [5.74, 6) is 0.223. The highest BCUT2D eigenvalue weighted by atomic mass is 16.2. The van der Waals surface area contributed by atoms with Gasteiger partial charge in [-0.3, -0.25) is 4.79 Å². The lowest BCUT2D eigenvalue weighted by molar-refractivity contribution is -0.133. The molecule has 0 spiro atoms. The summed E-state index contributed by atoms with van der Waals surface area (Å²) in [6.45, 7) is 8.72. The molecule has 1 aliphatic heterocycles. The van der Waals surface area contributed by atoms with Crippen LogP contribution < -0.4 is 5.32 Å². The van der Waals surface area contributed by atoms with E-state index >= 15 is 0 Å². The molecule has 112 valence electrons. The molecule has 1 amide bonds. The minimum atomic E-state index is -0.136. The van der Waals surface area contributed by atoms with Gasteiger partial charge in [-0.05, 0) is 40.0 Å². The zero-order valence-electron chi connectivity index (χ0n) is 12.8. The number of imidazole rings is 1. The Morgan fingerprint density at radius 2 is 2.00 bits per heavy atom. The van der Waals surface area contributed by atoms with E-state index in [-0.39, 0.29) is 11.9 Å². The van der Waals surface area contributed by atoms with Gasteiger partial charge in [-0.1, -0.05) is 0 Å². The highest BCUT2D eigenvalue weighted by molar-refractivity contribution is 5.81. The van der Waals surface area contributed by atoms with Crippen LogP contribution in [-0.4, -0.2) is 39.5 Å². The van der Waals surface area contributed by atoms with Crippen molar-refractivity contribution < 1.29 is 4.79 Å². The monoisotopic (exact) mass is 278 g/mol. The van der Waals surface area contributed by atoms with Crippen molar-refractivity contribution in [2.75, 3.05) is 13.1 Å². The predicted molar refractivity (Wildman–Crippen MR) is 79.3 cm³/mol. The first-order chi connectivity index (χ1) is 9.59. The van der Waals surface area contributed by atoms with Gasteiger partial charge in [0.1, 0.15) is 0 Å². The molecule has 1 aliphatic rings. The lowest BCUT2D eigenvalue weighted by atomic mass is 10.1. The summed E-state index contributed by atoms with van der Waals surface area (Å²) < 4.78 is 2.13. The van der Waals surface area contributed by atoms with E-state index < -0.39 is 0 Å². The van der Waals surface area contributed by atoms with Gasteiger partial charge in [0.15, 0.2) is 0 Å². The predicted octanol–water partition coefficient (Wildman–Crippen LogP) is 1.95. The number of aromatic nitrogens is 2. The molecular formula is C15H26N4O. The smallest absolute Gasteiger partial charge is 0.239 e. The van der Waals surface area contributed by atoms with Gasteiger partial charge in [0.05, 0.1) is 18.1 Å². The standard InChI is InChI=1S/C15H26N4O/c1-12(2)19-11-16-9-14(19)10-17-13(3)15(20)18-7-5-4-6-8-18/h9,11-13,17H,4-8,10H2,1-3H3. The van der Waals surface area contributed by atoms with Crippen molar-refractivity contribution in [3.05, 3.63) is 18.2 Å². The average Bonchev–Trinajstić information content (AvgIpc) is 2.93. The Morgan fingerprint density at radius 1 is 1.30 bits per heavy atom. The molecule has 1 N–H and O–H groups in total. The summed E-state index contributed by atoms with van der Waals surface area (Å²) in [4.78, 5) is 18.5. The topological polar surface area (TPSA) is 50.2 Å². The van der Waals surface area contributed by atoms with Crippen molar-refractivity contribution in [3.8, 4) is 0 Å². The van der Waals surface area contributed by atoms with Crippen LogP contribution >= 0.6 is 0 Å². The van der Waals surface area contributed by atoms with Gasteiger partial charge in [-0.25, -0.2) is 4.98 Å².